The van der Waals surface area contributed by atoms with Gasteiger partial charge in [-0.05, 0) is 74.0 Å². The standard InChI is InChI=1S/C31H25N7O9S2/c1-16-7-9-18(10-8-16)33-38-29-26(49(45,46)47)14-21-25(48(42,43)44)15-24(28(32)27(21)30(29)39)37-34-19-11-12-22(17(2)13-19)35-36-23-6-4-3-5-20(23)31(40)41/h3-15,39H,32H2,1-2H3,(H,40,41)(H,42,43,44)(H,45,46,47). The van der Waals surface area contributed by atoms with E-state index in [4.69, 9.17) is 5.73 Å². The molecule has 0 aliphatic heterocycles. The van der Waals surface area contributed by atoms with Gasteiger partial charge in [0.1, 0.15) is 26.9 Å². The SMILES string of the molecule is Cc1ccc(N=Nc2c(S(=O)(=O)O)cc3c(S(=O)(=O)O)cc(N=Nc4ccc(N=Nc5ccccc5C(=O)O)c(C)c4)c(N)c3c2O)cc1. The van der Waals surface area contributed by atoms with Crippen molar-refractivity contribution in [3.63, 3.8) is 0 Å². The van der Waals surface area contributed by atoms with Crippen molar-refractivity contribution in [3.05, 3.63) is 95.6 Å². The number of aromatic hydroxyl groups is 1. The average molecular weight is 704 g/mol. The van der Waals surface area contributed by atoms with E-state index in [0.717, 1.165) is 11.6 Å². The van der Waals surface area contributed by atoms with Crippen LogP contribution in [0.1, 0.15) is 21.5 Å². The molecule has 0 aliphatic rings. The van der Waals surface area contributed by atoms with E-state index in [9.17, 15) is 40.9 Å². The molecule has 0 amide bonds. The minimum Gasteiger partial charge on any atom is -0.505 e. The van der Waals surface area contributed by atoms with Crippen molar-refractivity contribution in [1.82, 2.24) is 0 Å². The van der Waals surface area contributed by atoms with Gasteiger partial charge >= 0.3 is 5.97 Å². The second-order valence-electron chi connectivity index (χ2n) is 10.5. The van der Waals surface area contributed by atoms with E-state index in [0.29, 0.717) is 17.3 Å². The Kier molecular flexibility index (Phi) is 9.32. The Labute approximate surface area is 278 Å². The summed E-state index contributed by atoms with van der Waals surface area (Å²) in [5.74, 6) is -2.14. The van der Waals surface area contributed by atoms with E-state index in [1.807, 2.05) is 6.92 Å². The fraction of sp³-hybridized carbons (Fsp3) is 0.0645. The molecule has 6 N–H and O–H groups in total. The number of hydrogen-bond acceptors (Lipinski definition) is 13. The summed E-state index contributed by atoms with van der Waals surface area (Å²) >= 11 is 0. The third-order valence-electron chi connectivity index (χ3n) is 7.03. The van der Waals surface area contributed by atoms with Crippen LogP contribution in [-0.2, 0) is 20.2 Å². The molecule has 5 aromatic carbocycles. The number of fused-ring (bicyclic) bond motifs is 1. The maximum absolute atomic E-state index is 12.4. The van der Waals surface area contributed by atoms with Crippen molar-refractivity contribution in [3.8, 4) is 5.75 Å². The van der Waals surface area contributed by atoms with Gasteiger partial charge in [0.25, 0.3) is 20.2 Å². The van der Waals surface area contributed by atoms with Crippen LogP contribution in [0.2, 0.25) is 0 Å². The number of aryl methyl sites for hydroxylation is 2. The Morgan fingerprint density at radius 3 is 1.90 bits per heavy atom. The number of nitrogen functional groups attached to an aromatic ring is 1. The normalized spacial score (nSPS) is 12.5. The summed E-state index contributed by atoms with van der Waals surface area (Å²) in [5, 5.41) is 43.5. The fourth-order valence-electron chi connectivity index (χ4n) is 4.59. The van der Waals surface area contributed by atoms with Gasteiger partial charge in [-0.1, -0.05) is 29.8 Å². The summed E-state index contributed by atoms with van der Waals surface area (Å²) in [6.45, 7) is 3.50. The second-order valence-corrected chi connectivity index (χ2v) is 13.3. The highest BCUT2D eigenvalue weighted by Crippen LogP contribution is 2.48. The first-order valence-corrected chi connectivity index (χ1v) is 16.7. The van der Waals surface area contributed by atoms with Crippen LogP contribution in [0.15, 0.2) is 119 Å². The van der Waals surface area contributed by atoms with Gasteiger partial charge in [0.05, 0.1) is 33.7 Å². The summed E-state index contributed by atoms with van der Waals surface area (Å²) in [5.41, 5.74) is 7.23. The van der Waals surface area contributed by atoms with E-state index in [2.05, 4.69) is 30.7 Å². The molecule has 0 bridgehead atoms. The van der Waals surface area contributed by atoms with Crippen LogP contribution < -0.4 is 5.73 Å². The lowest BCUT2D eigenvalue weighted by atomic mass is 10.0. The molecule has 5 rings (SSSR count). The Morgan fingerprint density at radius 1 is 0.673 bits per heavy atom. The molecule has 0 saturated carbocycles. The number of carboxylic acids is 1. The van der Waals surface area contributed by atoms with E-state index < -0.39 is 58.2 Å². The third-order valence-corrected chi connectivity index (χ3v) is 8.79. The largest absolute Gasteiger partial charge is 0.505 e. The van der Waals surface area contributed by atoms with Crippen LogP contribution in [-0.4, -0.2) is 42.1 Å². The Bertz CT molecular complexity index is 2460. The molecule has 0 unspecified atom stereocenters. The van der Waals surface area contributed by atoms with Gasteiger partial charge < -0.3 is 15.9 Å². The lowest BCUT2D eigenvalue weighted by molar-refractivity contribution is 0.0697. The number of nitrogens with two attached hydrogens (primary N) is 1. The topological polar surface area (TPSA) is 266 Å². The minimum atomic E-state index is -5.14. The van der Waals surface area contributed by atoms with Crippen molar-refractivity contribution in [2.24, 2.45) is 30.7 Å². The first-order chi connectivity index (χ1) is 23.0. The molecule has 5 aromatic rings. The Morgan fingerprint density at radius 2 is 1.27 bits per heavy atom. The van der Waals surface area contributed by atoms with Crippen molar-refractivity contribution in [1.29, 1.82) is 0 Å². The zero-order valence-electron chi connectivity index (χ0n) is 25.4. The highest BCUT2D eigenvalue weighted by atomic mass is 32.2. The Hall–Kier alpha value is -5.95. The number of azo groups is 3. The molecule has 0 aliphatic carbocycles. The number of carboxylic acid groups (broad SMARTS) is 1. The van der Waals surface area contributed by atoms with Crippen LogP contribution in [0.3, 0.4) is 0 Å². The number of anilines is 1. The number of aromatic carboxylic acids is 1. The highest BCUT2D eigenvalue weighted by Gasteiger charge is 2.28. The number of rotatable bonds is 9. The van der Waals surface area contributed by atoms with Gasteiger partial charge in [0.15, 0.2) is 5.75 Å². The van der Waals surface area contributed by atoms with Gasteiger partial charge in [-0.25, -0.2) is 4.79 Å². The van der Waals surface area contributed by atoms with Crippen LogP contribution in [0, 0.1) is 13.8 Å². The maximum Gasteiger partial charge on any atom is 0.337 e. The molecule has 18 heteroatoms. The molecule has 16 nitrogen and oxygen atoms in total. The quantitative estimate of drug-likeness (QED) is 0.0557. The predicted octanol–water partition coefficient (Wildman–Crippen LogP) is 8.18. The van der Waals surface area contributed by atoms with Gasteiger partial charge in [0.2, 0.25) is 0 Å². The van der Waals surface area contributed by atoms with E-state index in [1.165, 1.54) is 24.3 Å². The van der Waals surface area contributed by atoms with E-state index in [1.54, 1.807) is 49.4 Å². The lowest BCUT2D eigenvalue weighted by Crippen LogP contribution is -2.04. The van der Waals surface area contributed by atoms with Crippen molar-refractivity contribution in [2.45, 2.75) is 23.6 Å². The first kappa shape index (κ1) is 34.4. The van der Waals surface area contributed by atoms with E-state index in [-0.39, 0.29) is 34.0 Å². The number of nitrogens with zero attached hydrogens (tertiary/aromatic N) is 6. The number of hydrogen-bond donors (Lipinski definition) is 5. The predicted molar refractivity (Wildman–Crippen MR) is 178 cm³/mol. The van der Waals surface area contributed by atoms with Crippen molar-refractivity contribution in [2.75, 3.05) is 5.73 Å². The fourth-order valence-corrected chi connectivity index (χ4v) is 5.94. The summed E-state index contributed by atoms with van der Waals surface area (Å²) in [6.07, 6.45) is 0. The van der Waals surface area contributed by atoms with Crippen molar-refractivity contribution < 1.29 is 40.9 Å². The molecule has 0 atom stereocenters. The van der Waals surface area contributed by atoms with Gasteiger partial charge in [-0.2, -0.15) is 32.2 Å². The van der Waals surface area contributed by atoms with Gasteiger partial charge in [-0.3, -0.25) is 9.11 Å². The smallest absolute Gasteiger partial charge is 0.337 e. The molecule has 0 fully saturated rings. The minimum absolute atomic E-state index is 0.0340. The number of carbonyl (C=O) groups is 1. The number of phenolic OH excluding ortho intramolecular Hbond substituents is 1. The molecule has 0 heterocycles. The highest BCUT2D eigenvalue weighted by molar-refractivity contribution is 7.86. The maximum atomic E-state index is 12.4. The second kappa shape index (κ2) is 13.3. The molecule has 0 saturated heterocycles. The molecular weight excluding hydrogens is 679 g/mol. The summed E-state index contributed by atoms with van der Waals surface area (Å²) in [6, 6.07) is 18.6. The molecule has 49 heavy (non-hydrogen) atoms. The third kappa shape index (κ3) is 7.47. The lowest BCUT2D eigenvalue weighted by Gasteiger charge is -2.14. The molecule has 0 radical (unpaired) electrons. The van der Waals surface area contributed by atoms with Gasteiger partial charge in [-0.15, -0.1) is 15.3 Å². The number of benzene rings is 5. The van der Waals surface area contributed by atoms with E-state index >= 15 is 0 Å². The Balaban J connectivity index is 1.60. The molecule has 250 valence electrons. The summed E-state index contributed by atoms with van der Waals surface area (Å²) in [4.78, 5) is 9.54. The summed E-state index contributed by atoms with van der Waals surface area (Å²) < 4.78 is 69.5. The van der Waals surface area contributed by atoms with Crippen LogP contribution in [0.5, 0.6) is 5.75 Å². The van der Waals surface area contributed by atoms with Crippen LogP contribution in [0.4, 0.5) is 39.8 Å². The summed E-state index contributed by atoms with van der Waals surface area (Å²) in [7, 11) is -10.2. The average Bonchev–Trinajstić information content (AvgIpc) is 3.03. The zero-order valence-corrected chi connectivity index (χ0v) is 27.0. The monoisotopic (exact) mass is 703 g/mol. The zero-order chi connectivity index (χ0) is 35.7. The molecule has 0 spiro atoms. The molecule has 0 aromatic heterocycles. The number of phenols is 1. The molecular formula is C31H25N7O9S2. The van der Waals surface area contributed by atoms with Crippen LogP contribution in [0.25, 0.3) is 10.8 Å². The van der Waals surface area contributed by atoms with Gasteiger partial charge in [0, 0.05) is 5.39 Å². The van der Waals surface area contributed by atoms with Crippen molar-refractivity contribution >= 4 is 76.8 Å². The van der Waals surface area contributed by atoms with Crippen LogP contribution >= 0.6 is 0 Å². The first-order valence-electron chi connectivity index (χ1n) is 13.9.